The predicted octanol–water partition coefficient (Wildman–Crippen LogP) is 0.552. The predicted molar refractivity (Wildman–Crippen MR) is 52.1 cm³/mol. The van der Waals surface area contributed by atoms with Crippen LogP contribution in [0.4, 0.5) is 0 Å². The third-order valence-corrected chi connectivity index (χ3v) is 4.35. The SMILES string of the molecule is CC(NS(=O)(=O)C1CC1)c1cn[nH]c1. The highest BCUT2D eigenvalue weighted by atomic mass is 32.2. The molecule has 1 unspecified atom stereocenters. The Morgan fingerprint density at radius 1 is 1.64 bits per heavy atom. The van der Waals surface area contributed by atoms with Gasteiger partial charge >= 0.3 is 0 Å². The molecule has 6 heteroatoms. The largest absolute Gasteiger partial charge is 0.285 e. The topological polar surface area (TPSA) is 74.8 Å². The molecule has 78 valence electrons. The number of aromatic amines is 1. The summed E-state index contributed by atoms with van der Waals surface area (Å²) in [4.78, 5) is 0. The van der Waals surface area contributed by atoms with Gasteiger partial charge in [0.1, 0.15) is 0 Å². The maximum Gasteiger partial charge on any atom is 0.215 e. The van der Waals surface area contributed by atoms with Gasteiger partial charge < -0.3 is 0 Å². The number of nitrogens with zero attached hydrogens (tertiary/aromatic N) is 1. The average Bonchev–Trinajstić information content (AvgIpc) is 2.82. The molecule has 1 fully saturated rings. The van der Waals surface area contributed by atoms with Crippen molar-refractivity contribution in [2.24, 2.45) is 0 Å². The molecule has 1 aromatic heterocycles. The molecular formula is C8H13N3O2S. The second-order valence-electron chi connectivity index (χ2n) is 3.62. The van der Waals surface area contributed by atoms with Crippen LogP contribution in [-0.4, -0.2) is 23.9 Å². The molecule has 1 aliphatic rings. The van der Waals surface area contributed by atoms with E-state index in [1.54, 1.807) is 12.4 Å². The summed E-state index contributed by atoms with van der Waals surface area (Å²) >= 11 is 0. The van der Waals surface area contributed by atoms with Crippen molar-refractivity contribution >= 4 is 10.0 Å². The zero-order chi connectivity index (χ0) is 10.2. The van der Waals surface area contributed by atoms with Crippen molar-refractivity contribution in [1.29, 1.82) is 0 Å². The van der Waals surface area contributed by atoms with Crippen LogP contribution in [0.15, 0.2) is 12.4 Å². The summed E-state index contributed by atoms with van der Waals surface area (Å²) in [5.74, 6) is 0. The van der Waals surface area contributed by atoms with Crippen LogP contribution in [0.1, 0.15) is 31.4 Å². The lowest BCUT2D eigenvalue weighted by Crippen LogP contribution is -2.29. The van der Waals surface area contributed by atoms with Crippen LogP contribution in [-0.2, 0) is 10.0 Å². The van der Waals surface area contributed by atoms with Crippen LogP contribution < -0.4 is 4.72 Å². The molecule has 1 atom stereocenters. The van der Waals surface area contributed by atoms with Crippen LogP contribution in [0.2, 0.25) is 0 Å². The van der Waals surface area contributed by atoms with Gasteiger partial charge in [-0.1, -0.05) is 0 Å². The van der Waals surface area contributed by atoms with Gasteiger partial charge in [-0.15, -0.1) is 0 Å². The molecule has 0 saturated heterocycles. The minimum atomic E-state index is -3.10. The molecule has 0 aliphatic heterocycles. The average molecular weight is 215 g/mol. The van der Waals surface area contributed by atoms with Crippen molar-refractivity contribution in [3.63, 3.8) is 0 Å². The molecule has 2 rings (SSSR count). The van der Waals surface area contributed by atoms with Crippen molar-refractivity contribution in [3.8, 4) is 0 Å². The van der Waals surface area contributed by atoms with Gasteiger partial charge in [-0.3, -0.25) is 5.10 Å². The lowest BCUT2D eigenvalue weighted by atomic mass is 10.2. The van der Waals surface area contributed by atoms with Crippen LogP contribution in [0.3, 0.4) is 0 Å². The fourth-order valence-corrected chi connectivity index (χ4v) is 2.86. The summed E-state index contributed by atoms with van der Waals surface area (Å²) in [5, 5.41) is 6.26. The molecule has 2 N–H and O–H groups in total. The van der Waals surface area contributed by atoms with Crippen molar-refractivity contribution < 1.29 is 8.42 Å². The minimum absolute atomic E-state index is 0.170. The number of rotatable bonds is 4. The van der Waals surface area contributed by atoms with E-state index < -0.39 is 10.0 Å². The molecule has 5 nitrogen and oxygen atoms in total. The summed E-state index contributed by atoms with van der Waals surface area (Å²) in [5.41, 5.74) is 0.856. The van der Waals surface area contributed by atoms with Gasteiger partial charge in [-0.2, -0.15) is 5.10 Å². The van der Waals surface area contributed by atoms with Crippen LogP contribution >= 0.6 is 0 Å². The van der Waals surface area contributed by atoms with Crippen LogP contribution in [0, 0.1) is 0 Å². The first-order valence-electron chi connectivity index (χ1n) is 4.59. The fourth-order valence-electron chi connectivity index (χ4n) is 1.29. The van der Waals surface area contributed by atoms with Crippen molar-refractivity contribution in [2.45, 2.75) is 31.1 Å². The van der Waals surface area contributed by atoms with Crippen molar-refractivity contribution in [2.75, 3.05) is 0 Å². The Labute approximate surface area is 83.0 Å². The molecule has 0 aromatic carbocycles. The molecule has 1 aliphatic carbocycles. The van der Waals surface area contributed by atoms with Crippen LogP contribution in [0.25, 0.3) is 0 Å². The maximum absolute atomic E-state index is 11.6. The van der Waals surface area contributed by atoms with E-state index in [1.165, 1.54) is 0 Å². The molecule has 1 saturated carbocycles. The lowest BCUT2D eigenvalue weighted by Gasteiger charge is -2.11. The van der Waals surface area contributed by atoms with Crippen molar-refractivity contribution in [1.82, 2.24) is 14.9 Å². The first-order valence-corrected chi connectivity index (χ1v) is 6.14. The Hall–Kier alpha value is -0.880. The van der Waals surface area contributed by atoms with Gasteiger partial charge in [-0.05, 0) is 19.8 Å². The molecule has 0 radical (unpaired) electrons. The highest BCUT2D eigenvalue weighted by Gasteiger charge is 2.36. The Kier molecular flexibility index (Phi) is 2.32. The number of nitrogens with one attached hydrogen (secondary N) is 2. The van der Waals surface area contributed by atoms with E-state index in [-0.39, 0.29) is 11.3 Å². The van der Waals surface area contributed by atoms with Gasteiger partial charge in [0.15, 0.2) is 0 Å². The second-order valence-corrected chi connectivity index (χ2v) is 5.61. The Morgan fingerprint density at radius 2 is 2.36 bits per heavy atom. The standard InChI is InChI=1S/C8H13N3O2S/c1-6(7-4-9-10-5-7)11-14(12,13)8-2-3-8/h4-6,8,11H,2-3H2,1H3,(H,9,10). The lowest BCUT2D eigenvalue weighted by molar-refractivity contribution is 0.565. The van der Waals surface area contributed by atoms with Gasteiger partial charge in [0.25, 0.3) is 0 Å². The first kappa shape index (κ1) is 9.67. The maximum atomic E-state index is 11.6. The number of aromatic nitrogens is 2. The Bertz CT molecular complexity index is 394. The van der Waals surface area contributed by atoms with E-state index in [2.05, 4.69) is 14.9 Å². The van der Waals surface area contributed by atoms with E-state index in [0.717, 1.165) is 18.4 Å². The molecule has 14 heavy (non-hydrogen) atoms. The molecule has 0 bridgehead atoms. The summed E-state index contributed by atoms with van der Waals surface area (Å²) in [6, 6.07) is -0.209. The normalized spacial score (nSPS) is 19.5. The zero-order valence-electron chi connectivity index (χ0n) is 7.90. The smallest absolute Gasteiger partial charge is 0.215 e. The summed E-state index contributed by atoms with van der Waals surface area (Å²) in [6.07, 6.45) is 4.89. The molecule has 0 amide bonds. The van der Waals surface area contributed by atoms with Crippen molar-refractivity contribution in [3.05, 3.63) is 18.0 Å². The summed E-state index contributed by atoms with van der Waals surface area (Å²) in [7, 11) is -3.10. The van der Waals surface area contributed by atoms with Crippen LogP contribution in [0.5, 0.6) is 0 Å². The third-order valence-electron chi connectivity index (χ3n) is 2.32. The number of hydrogen-bond donors (Lipinski definition) is 2. The van der Waals surface area contributed by atoms with Gasteiger partial charge in [-0.25, -0.2) is 13.1 Å². The number of sulfonamides is 1. The number of H-pyrrole nitrogens is 1. The van der Waals surface area contributed by atoms with E-state index in [4.69, 9.17) is 0 Å². The van der Waals surface area contributed by atoms with E-state index in [1.807, 2.05) is 6.92 Å². The molecule has 1 heterocycles. The third kappa shape index (κ3) is 1.96. The minimum Gasteiger partial charge on any atom is -0.285 e. The highest BCUT2D eigenvalue weighted by molar-refractivity contribution is 7.90. The Balaban J connectivity index is 2.04. The van der Waals surface area contributed by atoms with E-state index >= 15 is 0 Å². The van der Waals surface area contributed by atoms with E-state index in [9.17, 15) is 8.42 Å². The highest BCUT2D eigenvalue weighted by Crippen LogP contribution is 2.28. The molecular weight excluding hydrogens is 202 g/mol. The van der Waals surface area contributed by atoms with E-state index in [0.29, 0.717) is 0 Å². The quantitative estimate of drug-likeness (QED) is 0.770. The van der Waals surface area contributed by atoms with Gasteiger partial charge in [0, 0.05) is 17.8 Å². The first-order chi connectivity index (χ1) is 6.59. The molecule has 1 aromatic rings. The number of hydrogen-bond acceptors (Lipinski definition) is 3. The van der Waals surface area contributed by atoms with Gasteiger partial charge in [0.2, 0.25) is 10.0 Å². The molecule has 0 spiro atoms. The summed E-state index contributed by atoms with van der Waals surface area (Å²) < 4.78 is 25.7. The second kappa shape index (κ2) is 3.36. The summed E-state index contributed by atoms with van der Waals surface area (Å²) in [6.45, 7) is 1.81. The monoisotopic (exact) mass is 215 g/mol. The zero-order valence-corrected chi connectivity index (χ0v) is 8.71. The van der Waals surface area contributed by atoms with Gasteiger partial charge in [0.05, 0.1) is 11.4 Å². The fraction of sp³-hybridized carbons (Fsp3) is 0.625. The Morgan fingerprint density at radius 3 is 2.86 bits per heavy atom.